The van der Waals surface area contributed by atoms with Gasteiger partial charge in [0.15, 0.2) is 0 Å². The second kappa shape index (κ2) is 6.83. The van der Waals surface area contributed by atoms with Crippen LogP contribution >= 0.6 is 0 Å². The zero-order chi connectivity index (χ0) is 13.5. The molecule has 1 fully saturated rings. The van der Waals surface area contributed by atoms with Gasteiger partial charge in [-0.25, -0.2) is 9.59 Å². The highest BCUT2D eigenvalue weighted by molar-refractivity contribution is 5.86. The van der Waals surface area contributed by atoms with Crippen molar-refractivity contribution in [3.05, 3.63) is 0 Å². The van der Waals surface area contributed by atoms with Gasteiger partial charge in [-0.2, -0.15) is 0 Å². The maximum atomic E-state index is 11.4. The highest BCUT2D eigenvalue weighted by atomic mass is 16.4. The number of urea groups is 1. The Bertz CT molecular complexity index is 328. The molecule has 1 aliphatic carbocycles. The fraction of sp³-hybridized carbons (Fsp3) is 0.727. The molecule has 0 bridgehead atoms. The molecule has 3 amide bonds. The lowest BCUT2D eigenvalue weighted by Gasteiger charge is -2.14. The number of hydrogen-bond donors (Lipinski definition) is 4. The quantitative estimate of drug-likeness (QED) is 0.507. The molecule has 1 atom stereocenters. The molecule has 0 aromatic heterocycles. The van der Waals surface area contributed by atoms with Crippen LogP contribution in [0.4, 0.5) is 4.79 Å². The predicted molar refractivity (Wildman–Crippen MR) is 64.0 cm³/mol. The van der Waals surface area contributed by atoms with Gasteiger partial charge < -0.3 is 21.1 Å². The maximum Gasteiger partial charge on any atom is 0.326 e. The van der Waals surface area contributed by atoms with Gasteiger partial charge >= 0.3 is 12.0 Å². The topological polar surface area (TPSA) is 108 Å². The van der Waals surface area contributed by atoms with E-state index in [2.05, 4.69) is 16.0 Å². The minimum absolute atomic E-state index is 0.138. The second-order valence-corrected chi connectivity index (χ2v) is 4.35. The lowest BCUT2D eigenvalue weighted by molar-refractivity contribution is -0.139. The minimum Gasteiger partial charge on any atom is -0.480 e. The lowest BCUT2D eigenvalue weighted by atomic mass is 10.2. The zero-order valence-electron chi connectivity index (χ0n) is 10.4. The number of carbonyl (C=O) groups excluding carboxylic acids is 2. The maximum absolute atomic E-state index is 11.4. The molecular formula is C11H19N3O4. The number of amides is 3. The highest BCUT2D eigenvalue weighted by Gasteiger charge is 2.23. The second-order valence-electron chi connectivity index (χ2n) is 4.35. The van der Waals surface area contributed by atoms with E-state index in [-0.39, 0.29) is 18.5 Å². The monoisotopic (exact) mass is 257 g/mol. The molecule has 0 unspecified atom stereocenters. The molecule has 1 rings (SSSR count). The van der Waals surface area contributed by atoms with E-state index in [1.165, 1.54) is 0 Å². The largest absolute Gasteiger partial charge is 0.480 e. The Morgan fingerprint density at radius 1 is 1.33 bits per heavy atom. The molecule has 0 aromatic rings. The Morgan fingerprint density at radius 3 is 2.50 bits per heavy atom. The summed E-state index contributed by atoms with van der Waals surface area (Å²) < 4.78 is 0. The molecule has 0 heterocycles. The van der Waals surface area contributed by atoms with Crippen molar-refractivity contribution < 1.29 is 19.5 Å². The van der Waals surface area contributed by atoms with Crippen molar-refractivity contribution in [2.45, 2.75) is 44.7 Å². The summed E-state index contributed by atoms with van der Waals surface area (Å²) in [6.45, 7) is 1.69. The minimum atomic E-state index is -1.07. The van der Waals surface area contributed by atoms with Gasteiger partial charge in [0.05, 0.1) is 6.54 Å². The van der Waals surface area contributed by atoms with Crippen molar-refractivity contribution in [3.63, 3.8) is 0 Å². The number of carboxylic acids is 1. The third-order valence-corrected chi connectivity index (χ3v) is 2.53. The smallest absolute Gasteiger partial charge is 0.326 e. The van der Waals surface area contributed by atoms with Crippen LogP contribution in [0.2, 0.25) is 0 Å². The SMILES string of the molecule is CCC[C@@H](NC(=O)NCC(=O)NC1CC1)C(=O)O. The molecule has 18 heavy (non-hydrogen) atoms. The molecule has 4 N–H and O–H groups in total. The molecule has 102 valence electrons. The first-order valence-corrected chi connectivity index (χ1v) is 6.09. The van der Waals surface area contributed by atoms with Gasteiger partial charge in [-0.05, 0) is 19.3 Å². The molecule has 1 saturated carbocycles. The molecule has 0 spiro atoms. The highest BCUT2D eigenvalue weighted by Crippen LogP contribution is 2.18. The van der Waals surface area contributed by atoms with Crippen LogP contribution < -0.4 is 16.0 Å². The summed E-state index contributed by atoms with van der Waals surface area (Å²) in [5.41, 5.74) is 0. The van der Waals surface area contributed by atoms with Crippen LogP contribution in [0.15, 0.2) is 0 Å². The van der Waals surface area contributed by atoms with Crippen molar-refractivity contribution in [2.24, 2.45) is 0 Å². The van der Waals surface area contributed by atoms with Gasteiger partial charge in [-0.3, -0.25) is 4.79 Å². The van der Waals surface area contributed by atoms with Gasteiger partial charge in [0.2, 0.25) is 5.91 Å². The lowest BCUT2D eigenvalue weighted by Crippen LogP contribution is -2.48. The Balaban J connectivity index is 2.21. The van der Waals surface area contributed by atoms with Crippen LogP contribution in [0.25, 0.3) is 0 Å². The van der Waals surface area contributed by atoms with E-state index in [0.29, 0.717) is 12.8 Å². The fourth-order valence-electron chi connectivity index (χ4n) is 1.42. The Kier molecular flexibility index (Phi) is 5.41. The Labute approximate surface area is 105 Å². The van der Waals surface area contributed by atoms with E-state index >= 15 is 0 Å². The summed E-state index contributed by atoms with van der Waals surface area (Å²) >= 11 is 0. The van der Waals surface area contributed by atoms with Crippen molar-refractivity contribution in [3.8, 4) is 0 Å². The van der Waals surface area contributed by atoms with Crippen molar-refractivity contribution in [1.82, 2.24) is 16.0 Å². The van der Waals surface area contributed by atoms with Crippen LogP contribution in [0.5, 0.6) is 0 Å². The van der Waals surface area contributed by atoms with Gasteiger partial charge in [0, 0.05) is 6.04 Å². The van der Waals surface area contributed by atoms with Gasteiger partial charge in [-0.15, -0.1) is 0 Å². The number of carboxylic acid groups (broad SMARTS) is 1. The molecule has 0 aliphatic heterocycles. The number of carbonyl (C=O) groups is 3. The van der Waals surface area contributed by atoms with Crippen LogP contribution in [-0.2, 0) is 9.59 Å². The van der Waals surface area contributed by atoms with Crippen molar-refractivity contribution >= 4 is 17.9 Å². The van der Waals surface area contributed by atoms with E-state index in [4.69, 9.17) is 5.11 Å². The van der Waals surface area contributed by atoms with E-state index in [9.17, 15) is 14.4 Å². The predicted octanol–water partition coefficient (Wildman–Crippen LogP) is -0.182. The molecule has 0 saturated heterocycles. The van der Waals surface area contributed by atoms with Crippen LogP contribution in [-0.4, -0.2) is 41.6 Å². The Morgan fingerprint density at radius 2 is 2.00 bits per heavy atom. The average Bonchev–Trinajstić information content (AvgIpc) is 3.09. The first-order chi connectivity index (χ1) is 8.52. The normalized spacial score (nSPS) is 15.6. The summed E-state index contributed by atoms with van der Waals surface area (Å²) in [7, 11) is 0. The molecule has 0 aromatic carbocycles. The van der Waals surface area contributed by atoms with Crippen LogP contribution in [0, 0.1) is 0 Å². The van der Waals surface area contributed by atoms with E-state index in [0.717, 1.165) is 12.8 Å². The first-order valence-electron chi connectivity index (χ1n) is 6.09. The number of hydrogen-bond acceptors (Lipinski definition) is 3. The van der Waals surface area contributed by atoms with E-state index in [1.807, 2.05) is 6.92 Å². The molecule has 7 nitrogen and oxygen atoms in total. The number of rotatable bonds is 7. The van der Waals surface area contributed by atoms with Gasteiger partial charge in [0.1, 0.15) is 6.04 Å². The molecule has 1 aliphatic rings. The van der Waals surface area contributed by atoms with E-state index < -0.39 is 18.0 Å². The summed E-state index contributed by atoms with van der Waals surface area (Å²) in [6.07, 6.45) is 2.97. The molecule has 0 radical (unpaired) electrons. The van der Waals surface area contributed by atoms with Gasteiger partial charge in [0.25, 0.3) is 0 Å². The summed E-state index contributed by atoms with van der Waals surface area (Å²) in [6, 6.07) is -1.31. The third kappa shape index (κ3) is 5.51. The van der Waals surface area contributed by atoms with Crippen molar-refractivity contribution in [2.75, 3.05) is 6.54 Å². The number of nitrogens with one attached hydrogen (secondary N) is 3. The molecular weight excluding hydrogens is 238 g/mol. The van der Waals surface area contributed by atoms with Crippen LogP contribution in [0.3, 0.4) is 0 Å². The zero-order valence-corrected chi connectivity index (χ0v) is 10.4. The molecule has 7 heteroatoms. The third-order valence-electron chi connectivity index (χ3n) is 2.53. The Hall–Kier alpha value is -1.79. The summed E-state index contributed by atoms with van der Waals surface area (Å²) in [5, 5.41) is 16.2. The van der Waals surface area contributed by atoms with Gasteiger partial charge in [-0.1, -0.05) is 13.3 Å². The fourth-order valence-corrected chi connectivity index (χ4v) is 1.42. The average molecular weight is 257 g/mol. The summed E-state index contributed by atoms with van der Waals surface area (Å²) in [5.74, 6) is -1.33. The van der Waals surface area contributed by atoms with Crippen LogP contribution in [0.1, 0.15) is 32.6 Å². The number of aliphatic carboxylic acids is 1. The summed E-state index contributed by atoms with van der Waals surface area (Å²) in [4.78, 5) is 33.4. The standard InChI is InChI=1S/C11H19N3O4/c1-2-3-8(10(16)17)14-11(18)12-6-9(15)13-7-4-5-7/h7-8H,2-6H2,1H3,(H,13,15)(H,16,17)(H2,12,14,18)/t8-/m1/s1. The first kappa shape index (κ1) is 14.3. The van der Waals surface area contributed by atoms with Crippen molar-refractivity contribution in [1.29, 1.82) is 0 Å². The van der Waals surface area contributed by atoms with E-state index in [1.54, 1.807) is 0 Å².